The van der Waals surface area contributed by atoms with Gasteiger partial charge in [0.1, 0.15) is 19.8 Å². The number of imidazole rings is 1. The highest BCUT2D eigenvalue weighted by atomic mass is 35.5. The minimum atomic E-state index is -0.640. The van der Waals surface area contributed by atoms with Gasteiger partial charge in [-0.15, -0.1) is 0 Å². The topological polar surface area (TPSA) is 165 Å². The molecule has 5 aromatic rings. The number of hydrogen-bond donors (Lipinski definition) is 1. The van der Waals surface area contributed by atoms with Crippen molar-refractivity contribution in [3.05, 3.63) is 102 Å². The summed E-state index contributed by atoms with van der Waals surface area (Å²) >= 11 is 13.3. The number of fused-ring (bicyclic) bond motifs is 2. The average Bonchev–Trinajstić information content (AvgIpc) is 3.62. The van der Waals surface area contributed by atoms with Gasteiger partial charge in [-0.25, -0.2) is 4.79 Å². The fraction of sp³-hybridized carbons (Fsp3) is 0.200. The van der Waals surface area contributed by atoms with Gasteiger partial charge in [0.2, 0.25) is 5.91 Å². The Morgan fingerprint density at radius 1 is 0.962 bits per heavy atom. The largest absolute Gasteiger partial charge is 0.493 e. The van der Waals surface area contributed by atoms with Crippen molar-refractivity contribution < 1.29 is 33.3 Å². The molecule has 3 amide bonds. The molecule has 2 aliphatic heterocycles. The number of carbonyl (C=O) groups is 3. The van der Waals surface area contributed by atoms with E-state index in [0.29, 0.717) is 63.3 Å². The molecule has 1 N–H and O–H groups in total. The Morgan fingerprint density at radius 2 is 1.74 bits per heavy atom. The zero-order valence-corrected chi connectivity index (χ0v) is 30.5. The zero-order valence-electron chi connectivity index (χ0n) is 28.2. The summed E-state index contributed by atoms with van der Waals surface area (Å²) in [6.07, 6.45) is 1.49. The second-order valence-corrected chi connectivity index (χ2v) is 13.6. The van der Waals surface area contributed by atoms with Gasteiger partial charge < -0.3 is 24.3 Å². The summed E-state index contributed by atoms with van der Waals surface area (Å²) in [4.78, 5) is 70.4. The molecule has 0 saturated carbocycles. The number of benzene rings is 3. The number of methoxy groups -OCH3 is 1. The van der Waals surface area contributed by atoms with Crippen LogP contribution in [-0.4, -0.2) is 67.5 Å². The first kappa shape index (κ1) is 35.7. The van der Waals surface area contributed by atoms with Gasteiger partial charge >= 0.3 is 11.7 Å². The molecule has 1 fully saturated rings. The minimum absolute atomic E-state index is 0.0361. The lowest BCUT2D eigenvalue weighted by Gasteiger charge is -2.19. The van der Waals surface area contributed by atoms with Crippen LogP contribution in [0.2, 0.25) is 10.0 Å². The van der Waals surface area contributed by atoms with Crippen LogP contribution >= 0.6 is 35.0 Å². The van der Waals surface area contributed by atoms with Crippen molar-refractivity contribution in [2.45, 2.75) is 6.54 Å². The summed E-state index contributed by atoms with van der Waals surface area (Å²) < 4.78 is 26.6. The molecule has 7 rings (SSSR count). The highest BCUT2D eigenvalue weighted by molar-refractivity contribution is 8.18. The predicted molar refractivity (Wildman–Crippen MR) is 198 cm³/mol. The Hall–Kier alpha value is -5.71. The van der Waals surface area contributed by atoms with Crippen LogP contribution in [0.3, 0.4) is 0 Å². The number of imide groups is 1. The maximum absolute atomic E-state index is 13.4. The zero-order chi connectivity index (χ0) is 37.6. The first-order valence-electron chi connectivity index (χ1n) is 15.8. The molecule has 0 bridgehead atoms. The van der Waals surface area contributed by atoms with Crippen LogP contribution in [0.4, 0.5) is 10.5 Å². The maximum atomic E-state index is 13.4. The lowest BCUT2D eigenvalue weighted by molar-refractivity contribution is -0.127. The van der Waals surface area contributed by atoms with E-state index >= 15 is 0 Å². The van der Waals surface area contributed by atoms with Crippen LogP contribution in [0.5, 0.6) is 29.0 Å². The summed E-state index contributed by atoms with van der Waals surface area (Å²) in [5, 5.41) is 2.84. The Bertz CT molecular complexity index is 2510. The number of aryl methyl sites for hydroxylation is 1. The van der Waals surface area contributed by atoms with Crippen molar-refractivity contribution in [2.24, 2.45) is 14.1 Å². The standard InChI is InChI=1S/C35H28Cl2N6O9S/c1-40-30-29(32(46)41(2)34(40)47)42(16-19-5-6-20(36)14-22(19)37)33(39-30)52-24-8-4-18(12-25(24)49-3)13-27-31(45)43(35(48)53-27)17-28(44)38-21-7-9-23-26(15-21)51-11-10-50-23/h4-9,12-15H,10-11,16-17H2,1-3H3,(H,38,44)/b27-13-. The number of carbonyl (C=O) groups excluding carboxylic acids is 3. The normalized spacial score (nSPS) is 14.7. The van der Waals surface area contributed by atoms with Crippen molar-refractivity contribution in [3.63, 3.8) is 0 Å². The van der Waals surface area contributed by atoms with Crippen LogP contribution < -0.4 is 35.5 Å². The van der Waals surface area contributed by atoms with Gasteiger partial charge in [-0.3, -0.25) is 37.8 Å². The molecule has 0 spiro atoms. The number of anilines is 1. The number of thioether (sulfide) groups is 1. The predicted octanol–water partition coefficient (Wildman–Crippen LogP) is 5.04. The van der Waals surface area contributed by atoms with Crippen LogP contribution in [0, 0.1) is 0 Å². The van der Waals surface area contributed by atoms with Crippen molar-refractivity contribution in [3.8, 4) is 29.0 Å². The van der Waals surface area contributed by atoms with Gasteiger partial charge in [-0.2, -0.15) is 4.98 Å². The first-order valence-corrected chi connectivity index (χ1v) is 17.4. The smallest absolute Gasteiger partial charge is 0.332 e. The molecular weight excluding hydrogens is 751 g/mol. The number of nitrogens with one attached hydrogen (secondary N) is 1. The number of hydrogen-bond acceptors (Lipinski definition) is 11. The third kappa shape index (κ3) is 6.95. The number of aromatic nitrogens is 4. The fourth-order valence-electron chi connectivity index (χ4n) is 5.68. The molecule has 2 aliphatic rings. The van der Waals surface area contributed by atoms with Crippen molar-refractivity contribution in [1.82, 2.24) is 23.6 Å². The Labute approximate surface area is 314 Å². The van der Waals surface area contributed by atoms with E-state index in [0.717, 1.165) is 9.47 Å². The number of ether oxygens (including phenoxy) is 4. The molecule has 15 nitrogen and oxygen atoms in total. The van der Waals surface area contributed by atoms with E-state index in [4.69, 9.17) is 42.1 Å². The Kier molecular flexibility index (Phi) is 9.67. The van der Waals surface area contributed by atoms with Gasteiger partial charge in [0.05, 0.1) is 18.6 Å². The molecule has 53 heavy (non-hydrogen) atoms. The van der Waals surface area contributed by atoms with E-state index in [-0.39, 0.29) is 40.1 Å². The van der Waals surface area contributed by atoms with Crippen LogP contribution in [0.25, 0.3) is 17.2 Å². The summed E-state index contributed by atoms with van der Waals surface area (Å²) in [5.41, 5.74) is 0.535. The molecule has 0 aliphatic carbocycles. The van der Waals surface area contributed by atoms with Crippen molar-refractivity contribution in [2.75, 3.05) is 32.2 Å². The molecule has 272 valence electrons. The first-order chi connectivity index (χ1) is 25.4. The van der Waals surface area contributed by atoms with Crippen LogP contribution in [0.15, 0.2) is 69.1 Å². The van der Waals surface area contributed by atoms with Gasteiger partial charge in [0.25, 0.3) is 16.7 Å². The molecule has 4 heterocycles. The maximum Gasteiger partial charge on any atom is 0.332 e. The lowest BCUT2D eigenvalue weighted by atomic mass is 10.2. The molecule has 0 atom stereocenters. The average molecular weight is 780 g/mol. The van der Waals surface area contributed by atoms with Gasteiger partial charge in [-0.05, 0) is 65.4 Å². The lowest BCUT2D eigenvalue weighted by Crippen LogP contribution is -2.37. The van der Waals surface area contributed by atoms with E-state index in [1.807, 2.05) is 0 Å². The van der Waals surface area contributed by atoms with Gasteiger partial charge in [0.15, 0.2) is 34.2 Å². The summed E-state index contributed by atoms with van der Waals surface area (Å²) in [5.74, 6) is 0.236. The number of amides is 3. The SMILES string of the molecule is COc1cc(/C=C2\SC(=O)N(CC(=O)Nc3ccc4c(c3)OCCO4)C2=O)ccc1Oc1nc2c(c(=O)n(C)c(=O)n2C)n1Cc1ccc(Cl)cc1Cl. The Balaban J connectivity index is 1.13. The monoisotopic (exact) mass is 778 g/mol. The summed E-state index contributed by atoms with van der Waals surface area (Å²) in [6, 6.07) is 14.6. The summed E-state index contributed by atoms with van der Waals surface area (Å²) in [7, 11) is 4.27. The fourth-order valence-corrected chi connectivity index (χ4v) is 6.99. The highest BCUT2D eigenvalue weighted by Gasteiger charge is 2.36. The van der Waals surface area contributed by atoms with E-state index in [1.54, 1.807) is 54.6 Å². The third-order valence-corrected chi connectivity index (χ3v) is 9.84. The Morgan fingerprint density at radius 3 is 2.49 bits per heavy atom. The molecule has 1 saturated heterocycles. The second-order valence-electron chi connectivity index (χ2n) is 11.8. The van der Waals surface area contributed by atoms with E-state index in [9.17, 15) is 24.0 Å². The quantitative estimate of drug-likeness (QED) is 0.200. The van der Waals surface area contributed by atoms with Gasteiger partial charge in [-0.1, -0.05) is 35.3 Å². The van der Waals surface area contributed by atoms with E-state index in [2.05, 4.69) is 10.3 Å². The van der Waals surface area contributed by atoms with E-state index < -0.39 is 34.8 Å². The molecule has 0 radical (unpaired) electrons. The molecule has 0 unspecified atom stereocenters. The number of nitrogens with zero attached hydrogens (tertiary/aromatic N) is 5. The highest BCUT2D eigenvalue weighted by Crippen LogP contribution is 2.37. The molecule has 18 heteroatoms. The van der Waals surface area contributed by atoms with Crippen LogP contribution in [-0.2, 0) is 30.2 Å². The minimum Gasteiger partial charge on any atom is -0.493 e. The second kappa shape index (κ2) is 14.4. The van der Waals surface area contributed by atoms with Crippen LogP contribution in [0.1, 0.15) is 11.1 Å². The summed E-state index contributed by atoms with van der Waals surface area (Å²) in [6.45, 7) is 0.350. The number of rotatable bonds is 9. The number of halogens is 2. The molecule has 2 aromatic heterocycles. The third-order valence-electron chi connectivity index (χ3n) is 8.34. The molecule has 3 aromatic carbocycles. The van der Waals surface area contributed by atoms with E-state index in [1.165, 1.54) is 36.4 Å². The molecular formula is C35H28Cl2N6O9S. The van der Waals surface area contributed by atoms with Gasteiger partial charge in [0, 0.05) is 35.9 Å². The van der Waals surface area contributed by atoms with Crippen molar-refractivity contribution in [1.29, 1.82) is 0 Å². The van der Waals surface area contributed by atoms with Crippen molar-refractivity contribution >= 4 is 74.9 Å².